The third kappa shape index (κ3) is 7.45. The maximum absolute atomic E-state index is 13.8. The second-order valence-electron chi connectivity index (χ2n) is 12.7. The fourth-order valence-corrected chi connectivity index (χ4v) is 7.70. The molecule has 4 atom stereocenters. The van der Waals surface area contributed by atoms with Gasteiger partial charge in [-0.1, -0.05) is 72.1 Å². The van der Waals surface area contributed by atoms with E-state index in [1.165, 1.54) is 4.90 Å². The normalized spacial score (nSPS) is 23.5. The van der Waals surface area contributed by atoms with Crippen LogP contribution >= 0.6 is 15.9 Å². The number of carboxylic acids is 1. The third-order valence-electron chi connectivity index (χ3n) is 9.44. The molecule has 8 nitrogen and oxygen atoms in total. The van der Waals surface area contributed by atoms with Gasteiger partial charge in [-0.05, 0) is 91.2 Å². The molecule has 2 saturated heterocycles. The molecule has 0 saturated carbocycles. The first kappa shape index (κ1) is 33.2. The number of carboxylic acid groups (broad SMARTS) is 1. The van der Waals surface area contributed by atoms with Gasteiger partial charge in [0.15, 0.2) is 0 Å². The van der Waals surface area contributed by atoms with Crippen LogP contribution in [0.15, 0.2) is 64.1 Å². The summed E-state index contributed by atoms with van der Waals surface area (Å²) in [5.41, 5.74) is 4.90. The van der Waals surface area contributed by atoms with Gasteiger partial charge in [-0.2, -0.15) is 0 Å². The molecule has 2 aromatic rings. The van der Waals surface area contributed by atoms with Crippen LogP contribution in [0.25, 0.3) is 11.6 Å². The number of nitrogens with zero attached hydrogens (tertiary/aromatic N) is 1. The molecule has 238 valence electrons. The molecule has 0 aromatic heterocycles. The van der Waals surface area contributed by atoms with Crippen LogP contribution < -0.4 is 0 Å². The molecule has 2 aromatic carbocycles. The van der Waals surface area contributed by atoms with Gasteiger partial charge in [0.2, 0.25) is 11.8 Å². The molecule has 5 rings (SSSR count). The van der Waals surface area contributed by atoms with Gasteiger partial charge in [0.1, 0.15) is 5.75 Å². The van der Waals surface area contributed by atoms with Crippen molar-refractivity contribution in [3.8, 4) is 5.75 Å². The van der Waals surface area contributed by atoms with E-state index < -0.39 is 31.0 Å². The van der Waals surface area contributed by atoms with Crippen molar-refractivity contribution >= 4 is 52.5 Å². The Kier molecular flexibility index (Phi) is 10.7. The molecular weight excluding hydrogens is 637 g/mol. The van der Waals surface area contributed by atoms with Gasteiger partial charge < -0.3 is 19.9 Å². The zero-order chi connectivity index (χ0) is 32.2. The number of hydrogen-bond donors (Lipinski definition) is 3. The van der Waals surface area contributed by atoms with Crippen LogP contribution in [0.4, 0.5) is 0 Å². The molecule has 0 radical (unpaired) electrons. The number of allylic oxidation sites excluding steroid dienone is 2. The zero-order valence-electron chi connectivity index (χ0n) is 25.8. The van der Waals surface area contributed by atoms with Crippen LogP contribution in [-0.2, 0) is 19.0 Å². The minimum Gasteiger partial charge on any atom is -0.507 e. The number of hydrogen-bond acceptors (Lipinski definition) is 6. The van der Waals surface area contributed by atoms with Crippen molar-refractivity contribution in [1.82, 2.24) is 4.90 Å². The van der Waals surface area contributed by atoms with E-state index in [4.69, 9.17) is 9.76 Å². The van der Waals surface area contributed by atoms with Gasteiger partial charge >= 0.3 is 13.1 Å². The van der Waals surface area contributed by atoms with Crippen molar-refractivity contribution in [3.05, 3.63) is 75.3 Å². The fraction of sp³-hybridized carbons (Fsp3) is 0.457. The van der Waals surface area contributed by atoms with Crippen LogP contribution in [0.2, 0.25) is 6.32 Å². The summed E-state index contributed by atoms with van der Waals surface area (Å²) in [6.45, 7) is 4.50. The number of halogens is 1. The molecule has 0 spiro atoms. The van der Waals surface area contributed by atoms with E-state index in [2.05, 4.69) is 29.8 Å². The third-order valence-corrected chi connectivity index (χ3v) is 9.94. The maximum Gasteiger partial charge on any atom is 0.455 e. The Labute approximate surface area is 273 Å². The summed E-state index contributed by atoms with van der Waals surface area (Å²) in [7, 11) is -1.05. The summed E-state index contributed by atoms with van der Waals surface area (Å²) < 4.78 is 7.08. The van der Waals surface area contributed by atoms with Gasteiger partial charge in [-0.15, -0.1) is 0 Å². The molecule has 45 heavy (non-hydrogen) atoms. The Bertz CT molecular complexity index is 1490. The molecule has 2 amide bonds. The number of fused-ring (bicyclic) bond motifs is 3. The number of benzene rings is 2. The first-order chi connectivity index (χ1) is 21.5. The largest absolute Gasteiger partial charge is 0.507 e. The van der Waals surface area contributed by atoms with E-state index in [1.54, 1.807) is 12.1 Å². The minimum absolute atomic E-state index is 0.0742. The topological polar surface area (TPSA) is 124 Å². The number of phenols is 1. The van der Waals surface area contributed by atoms with Crippen molar-refractivity contribution in [2.45, 2.75) is 71.2 Å². The average Bonchev–Trinajstić information content (AvgIpc) is 3.24. The highest BCUT2D eigenvalue weighted by Crippen LogP contribution is 2.52. The lowest BCUT2D eigenvalue weighted by Gasteiger charge is -2.44. The van der Waals surface area contributed by atoms with E-state index in [9.17, 15) is 24.5 Å². The number of amides is 2. The quantitative estimate of drug-likeness (QED) is 0.0763. The molecule has 1 aliphatic carbocycles. The van der Waals surface area contributed by atoms with Crippen LogP contribution in [0.1, 0.15) is 69.9 Å². The van der Waals surface area contributed by atoms with Gasteiger partial charge in [0.25, 0.3) is 0 Å². The number of rotatable bonds is 12. The zero-order valence-corrected chi connectivity index (χ0v) is 27.4. The number of likely N-dealkylation sites (tertiary alicyclic amines) is 1. The predicted octanol–water partition coefficient (Wildman–Crippen LogP) is 6.57. The lowest BCUT2D eigenvalue weighted by Crippen LogP contribution is -2.46. The Hall–Kier alpha value is -3.21. The van der Waals surface area contributed by atoms with E-state index in [1.807, 2.05) is 42.5 Å². The smallest absolute Gasteiger partial charge is 0.455 e. The Morgan fingerprint density at radius 1 is 1.07 bits per heavy atom. The van der Waals surface area contributed by atoms with Gasteiger partial charge in [0, 0.05) is 23.0 Å². The highest BCUT2D eigenvalue weighted by Gasteiger charge is 2.57. The maximum atomic E-state index is 13.8. The SMILES string of the molecule is CC(C)C1=C2[C@@H](CC/C(=C/c3cc(Br)ccc3O)c3ccccc3)OB(O)C[C@@H]2[C@@H]2C(=O)N(CCCCCC(=O)O)C(=O)[C@@H]2C1. The fourth-order valence-electron chi connectivity index (χ4n) is 7.33. The number of unbranched alkanes of at least 4 members (excludes halogenated alkanes) is 2. The van der Waals surface area contributed by atoms with Gasteiger partial charge in [-0.3, -0.25) is 19.3 Å². The molecule has 3 N–H and O–H groups in total. The number of aromatic hydroxyl groups is 1. The molecular formula is C35H41BBrNO7. The van der Waals surface area contributed by atoms with Crippen molar-refractivity contribution < 1.29 is 34.3 Å². The van der Waals surface area contributed by atoms with Gasteiger partial charge in [0.05, 0.1) is 17.9 Å². The molecule has 3 aliphatic rings. The first-order valence-electron chi connectivity index (χ1n) is 15.9. The van der Waals surface area contributed by atoms with Gasteiger partial charge in [-0.25, -0.2) is 0 Å². The highest BCUT2D eigenvalue weighted by molar-refractivity contribution is 9.10. The molecule has 10 heteroatoms. The summed E-state index contributed by atoms with van der Waals surface area (Å²) in [4.78, 5) is 39.6. The number of carbonyl (C=O) groups excluding carboxylic acids is 2. The average molecular weight is 678 g/mol. The van der Waals surface area contributed by atoms with E-state index >= 15 is 0 Å². The predicted molar refractivity (Wildman–Crippen MR) is 177 cm³/mol. The Morgan fingerprint density at radius 3 is 2.53 bits per heavy atom. The number of phenolic OH excluding ortho intramolecular Hbond substituents is 1. The van der Waals surface area contributed by atoms with Crippen LogP contribution in [0.3, 0.4) is 0 Å². The van der Waals surface area contributed by atoms with Crippen LogP contribution in [0.5, 0.6) is 5.75 Å². The van der Waals surface area contributed by atoms with Crippen molar-refractivity contribution in [3.63, 3.8) is 0 Å². The van der Waals surface area contributed by atoms with Crippen LogP contribution in [-0.4, -0.2) is 57.7 Å². The monoisotopic (exact) mass is 677 g/mol. The minimum atomic E-state index is -1.05. The van der Waals surface area contributed by atoms with E-state index in [0.29, 0.717) is 50.6 Å². The van der Waals surface area contributed by atoms with Crippen molar-refractivity contribution in [2.24, 2.45) is 23.7 Å². The second kappa shape index (κ2) is 14.5. The summed E-state index contributed by atoms with van der Waals surface area (Å²) in [5.74, 6) is -2.14. The van der Waals surface area contributed by atoms with E-state index in [0.717, 1.165) is 26.8 Å². The van der Waals surface area contributed by atoms with E-state index in [-0.39, 0.29) is 42.1 Å². The van der Waals surface area contributed by atoms with Crippen molar-refractivity contribution in [2.75, 3.05) is 6.54 Å². The lowest BCUT2D eigenvalue weighted by atomic mass is 9.57. The summed E-state index contributed by atoms with van der Waals surface area (Å²) in [5, 5.41) is 30.4. The highest BCUT2D eigenvalue weighted by atomic mass is 79.9. The summed E-state index contributed by atoms with van der Waals surface area (Å²) in [6.07, 6.45) is 5.26. The molecule has 0 unspecified atom stereocenters. The first-order valence-corrected chi connectivity index (χ1v) is 16.7. The Morgan fingerprint density at radius 2 is 1.82 bits per heavy atom. The van der Waals surface area contributed by atoms with Crippen molar-refractivity contribution in [1.29, 1.82) is 0 Å². The number of aliphatic carboxylic acids is 1. The number of carbonyl (C=O) groups is 3. The summed E-state index contributed by atoms with van der Waals surface area (Å²) >= 11 is 3.50. The standard InChI is InChI=1S/C35H41BBrNO7/c1-21(2)26-19-27-33(35(43)38(34(27)42)16-8-4-7-11-31(40)41)28-20-36(44)45-30(32(26)28)15-12-23(22-9-5-3-6-10-22)17-24-18-25(37)13-14-29(24)39/h3,5-6,9-10,13-14,17-18,21,27-28,30,33,39,44H,4,7-8,11-12,15-16,19-20H2,1-2H3,(H,40,41)/b23-17-/t27-,28+,30-,33-/m1/s1. The second-order valence-corrected chi connectivity index (χ2v) is 13.6. The number of imide groups is 1. The van der Waals surface area contributed by atoms with Crippen LogP contribution in [0, 0.1) is 23.7 Å². The molecule has 2 aliphatic heterocycles. The molecule has 2 heterocycles. The lowest BCUT2D eigenvalue weighted by molar-refractivity contribution is -0.141. The molecule has 2 fully saturated rings. The Balaban J connectivity index is 1.41. The summed E-state index contributed by atoms with van der Waals surface area (Å²) in [6, 6.07) is 15.3. The molecule has 0 bridgehead atoms.